The van der Waals surface area contributed by atoms with Crippen LogP contribution in [0.4, 0.5) is 0 Å². The van der Waals surface area contributed by atoms with Crippen LogP contribution in [-0.4, -0.2) is 16.3 Å². The molecule has 1 heterocycles. The largest absolute Gasteiger partial charge is 0.310 e. The Labute approximate surface area is 127 Å². The number of aromatic nitrogens is 2. The van der Waals surface area contributed by atoms with E-state index >= 15 is 0 Å². The maximum Gasteiger partial charge on any atom is 0.0643 e. The minimum Gasteiger partial charge on any atom is -0.310 e. The maximum atomic E-state index is 4.53. The Hall–Kier alpha value is -1.61. The van der Waals surface area contributed by atoms with Crippen molar-refractivity contribution in [2.24, 2.45) is 7.05 Å². The molecule has 1 aliphatic rings. The maximum absolute atomic E-state index is 4.53. The lowest BCUT2D eigenvalue weighted by atomic mass is 9.98. The molecule has 112 valence electrons. The van der Waals surface area contributed by atoms with Crippen LogP contribution in [0.1, 0.15) is 48.2 Å². The van der Waals surface area contributed by atoms with Crippen LogP contribution >= 0.6 is 0 Å². The highest BCUT2D eigenvalue weighted by Crippen LogP contribution is 2.26. The molecule has 3 rings (SSSR count). The molecule has 1 N–H and O–H groups in total. The van der Waals surface area contributed by atoms with Gasteiger partial charge in [0, 0.05) is 25.7 Å². The van der Waals surface area contributed by atoms with Gasteiger partial charge in [-0.05, 0) is 55.0 Å². The van der Waals surface area contributed by atoms with E-state index in [-0.39, 0.29) is 0 Å². The van der Waals surface area contributed by atoms with Crippen molar-refractivity contribution in [2.45, 2.75) is 45.1 Å². The topological polar surface area (TPSA) is 29.9 Å². The lowest BCUT2D eigenvalue weighted by Gasteiger charge is -2.19. The monoisotopic (exact) mass is 283 g/mol. The highest BCUT2D eigenvalue weighted by molar-refractivity contribution is 5.37. The number of nitrogens with one attached hydrogen (secondary N) is 1. The predicted molar refractivity (Wildman–Crippen MR) is 86.4 cm³/mol. The first kappa shape index (κ1) is 14.3. The Morgan fingerprint density at radius 3 is 2.86 bits per heavy atom. The fourth-order valence-electron chi connectivity index (χ4n) is 3.22. The summed E-state index contributed by atoms with van der Waals surface area (Å²) >= 11 is 0. The first-order chi connectivity index (χ1) is 10.3. The van der Waals surface area contributed by atoms with E-state index in [4.69, 9.17) is 0 Å². The first-order valence-corrected chi connectivity index (χ1v) is 8.10. The summed E-state index contributed by atoms with van der Waals surface area (Å²) in [6.45, 7) is 3.27. The summed E-state index contributed by atoms with van der Waals surface area (Å²) in [5, 5.41) is 8.22. The zero-order valence-electron chi connectivity index (χ0n) is 13.1. The molecule has 1 aromatic carbocycles. The summed E-state index contributed by atoms with van der Waals surface area (Å²) in [6.07, 6.45) is 7.94. The second-order valence-corrected chi connectivity index (χ2v) is 6.07. The molecule has 0 amide bonds. The molecule has 1 aromatic heterocycles. The van der Waals surface area contributed by atoms with Crippen molar-refractivity contribution in [1.29, 1.82) is 0 Å². The highest BCUT2D eigenvalue weighted by atomic mass is 15.2. The number of hydrogen-bond acceptors (Lipinski definition) is 2. The SMILES string of the molecule is CCCNC(Cc1ccn(C)n1)c1ccc2c(c1)CCC2. The van der Waals surface area contributed by atoms with E-state index in [0.717, 1.165) is 25.1 Å². The van der Waals surface area contributed by atoms with Gasteiger partial charge < -0.3 is 5.32 Å². The average Bonchev–Trinajstić information content (AvgIpc) is 3.11. The summed E-state index contributed by atoms with van der Waals surface area (Å²) in [6, 6.07) is 9.54. The molecule has 1 aliphatic carbocycles. The van der Waals surface area contributed by atoms with Gasteiger partial charge in [-0.2, -0.15) is 5.10 Å². The molecule has 2 aromatic rings. The minimum absolute atomic E-state index is 0.366. The van der Waals surface area contributed by atoms with E-state index < -0.39 is 0 Å². The molecule has 21 heavy (non-hydrogen) atoms. The molecule has 0 saturated heterocycles. The van der Waals surface area contributed by atoms with Gasteiger partial charge in [-0.15, -0.1) is 0 Å². The number of hydrogen-bond donors (Lipinski definition) is 1. The van der Waals surface area contributed by atoms with Gasteiger partial charge in [0.1, 0.15) is 0 Å². The van der Waals surface area contributed by atoms with Crippen LogP contribution in [0, 0.1) is 0 Å². The van der Waals surface area contributed by atoms with Crippen LogP contribution in [0.15, 0.2) is 30.5 Å². The zero-order valence-corrected chi connectivity index (χ0v) is 13.1. The van der Waals surface area contributed by atoms with E-state index in [1.807, 2.05) is 17.9 Å². The van der Waals surface area contributed by atoms with E-state index in [1.165, 1.54) is 24.8 Å². The summed E-state index contributed by atoms with van der Waals surface area (Å²) in [5.41, 5.74) is 5.67. The minimum atomic E-state index is 0.366. The fourth-order valence-corrected chi connectivity index (χ4v) is 3.22. The van der Waals surface area contributed by atoms with Crippen LogP contribution in [0.5, 0.6) is 0 Å². The van der Waals surface area contributed by atoms with Gasteiger partial charge in [0.15, 0.2) is 0 Å². The summed E-state index contributed by atoms with van der Waals surface area (Å²) in [4.78, 5) is 0. The van der Waals surface area contributed by atoms with Crippen LogP contribution < -0.4 is 5.32 Å². The average molecular weight is 283 g/mol. The summed E-state index contributed by atoms with van der Waals surface area (Å²) < 4.78 is 1.88. The molecule has 0 bridgehead atoms. The van der Waals surface area contributed by atoms with Crippen LogP contribution in [-0.2, 0) is 26.3 Å². The Balaban J connectivity index is 1.80. The normalized spacial score (nSPS) is 15.1. The third-order valence-electron chi connectivity index (χ3n) is 4.35. The van der Waals surface area contributed by atoms with Crippen molar-refractivity contribution in [3.63, 3.8) is 0 Å². The summed E-state index contributed by atoms with van der Waals surface area (Å²) in [5.74, 6) is 0. The standard InChI is InChI=1S/C18H25N3/c1-3-10-19-18(13-17-9-11-21(2)20-17)16-8-7-14-5-4-6-15(14)12-16/h7-9,11-12,18-19H,3-6,10,13H2,1-2H3. The molecule has 0 aliphatic heterocycles. The molecule has 3 heteroatoms. The van der Waals surface area contributed by atoms with E-state index in [1.54, 1.807) is 11.1 Å². The highest BCUT2D eigenvalue weighted by Gasteiger charge is 2.17. The van der Waals surface area contributed by atoms with Crippen molar-refractivity contribution >= 4 is 0 Å². The van der Waals surface area contributed by atoms with Gasteiger partial charge in [-0.3, -0.25) is 4.68 Å². The predicted octanol–water partition coefficient (Wildman–Crippen LogP) is 3.19. The molecule has 0 saturated carbocycles. The Kier molecular flexibility index (Phi) is 4.39. The van der Waals surface area contributed by atoms with Gasteiger partial charge in [0.2, 0.25) is 0 Å². The van der Waals surface area contributed by atoms with Crippen LogP contribution in [0.2, 0.25) is 0 Å². The number of nitrogens with zero attached hydrogens (tertiary/aromatic N) is 2. The molecule has 0 radical (unpaired) electrons. The van der Waals surface area contributed by atoms with Gasteiger partial charge in [0.05, 0.1) is 5.69 Å². The molecule has 0 spiro atoms. The Morgan fingerprint density at radius 2 is 2.10 bits per heavy atom. The Bertz CT molecular complexity index is 600. The molecular formula is C18H25N3. The molecule has 3 nitrogen and oxygen atoms in total. The third kappa shape index (κ3) is 3.35. The molecule has 1 atom stereocenters. The van der Waals surface area contributed by atoms with Crippen molar-refractivity contribution in [2.75, 3.05) is 6.54 Å². The lowest BCUT2D eigenvalue weighted by Crippen LogP contribution is -2.24. The van der Waals surface area contributed by atoms with E-state index in [0.29, 0.717) is 6.04 Å². The molecular weight excluding hydrogens is 258 g/mol. The van der Waals surface area contributed by atoms with Gasteiger partial charge in [-0.1, -0.05) is 25.1 Å². The fraction of sp³-hybridized carbons (Fsp3) is 0.500. The van der Waals surface area contributed by atoms with Crippen molar-refractivity contribution in [3.05, 3.63) is 52.8 Å². The number of aryl methyl sites for hydroxylation is 3. The van der Waals surface area contributed by atoms with Gasteiger partial charge in [-0.25, -0.2) is 0 Å². The quantitative estimate of drug-likeness (QED) is 0.882. The van der Waals surface area contributed by atoms with Crippen LogP contribution in [0.25, 0.3) is 0 Å². The molecule has 1 unspecified atom stereocenters. The van der Waals surface area contributed by atoms with Crippen molar-refractivity contribution in [1.82, 2.24) is 15.1 Å². The third-order valence-corrected chi connectivity index (χ3v) is 4.35. The van der Waals surface area contributed by atoms with Crippen LogP contribution in [0.3, 0.4) is 0 Å². The van der Waals surface area contributed by atoms with Crippen molar-refractivity contribution in [3.8, 4) is 0 Å². The van der Waals surface area contributed by atoms with E-state index in [9.17, 15) is 0 Å². The smallest absolute Gasteiger partial charge is 0.0643 e. The lowest BCUT2D eigenvalue weighted by molar-refractivity contribution is 0.521. The van der Waals surface area contributed by atoms with Gasteiger partial charge >= 0.3 is 0 Å². The molecule has 0 fully saturated rings. The number of benzene rings is 1. The van der Waals surface area contributed by atoms with Gasteiger partial charge in [0.25, 0.3) is 0 Å². The summed E-state index contributed by atoms with van der Waals surface area (Å²) in [7, 11) is 1.98. The second-order valence-electron chi connectivity index (χ2n) is 6.07. The number of fused-ring (bicyclic) bond motifs is 1. The second kappa shape index (κ2) is 6.44. The zero-order chi connectivity index (χ0) is 14.7. The van der Waals surface area contributed by atoms with Crippen molar-refractivity contribution < 1.29 is 0 Å². The Morgan fingerprint density at radius 1 is 1.24 bits per heavy atom. The number of rotatable bonds is 6. The first-order valence-electron chi connectivity index (χ1n) is 8.10. The van der Waals surface area contributed by atoms with E-state index in [2.05, 4.69) is 41.6 Å².